The van der Waals surface area contributed by atoms with Crippen LogP contribution >= 0.6 is 0 Å². The summed E-state index contributed by atoms with van der Waals surface area (Å²) in [5.74, 6) is 0.235. The fourth-order valence-electron chi connectivity index (χ4n) is 3.62. The zero-order chi connectivity index (χ0) is 22.4. The number of aliphatic carboxylic acids is 1. The topological polar surface area (TPSA) is 78.4 Å². The van der Waals surface area contributed by atoms with Crippen molar-refractivity contribution in [3.63, 3.8) is 0 Å². The number of hydrogen-bond acceptors (Lipinski definition) is 6. The molecule has 3 aromatic rings. The molecule has 0 bridgehead atoms. The molecule has 0 fully saturated rings. The molecular formula is C25H28N3O3-. The number of carbonyl (C=O) groups excluding carboxylic acids is 1. The first-order chi connectivity index (χ1) is 14.9. The first kappa shape index (κ1) is 22.3. The van der Waals surface area contributed by atoms with Gasteiger partial charge in [0, 0.05) is 24.2 Å². The van der Waals surface area contributed by atoms with Crippen LogP contribution < -0.4 is 14.7 Å². The lowest BCUT2D eigenvalue weighted by molar-refractivity contribution is -0.307. The highest BCUT2D eigenvalue weighted by Crippen LogP contribution is 2.29. The van der Waals surface area contributed by atoms with Crippen molar-refractivity contribution in [1.29, 1.82) is 0 Å². The fraction of sp³-hybridized carbons (Fsp3) is 0.320. The van der Waals surface area contributed by atoms with E-state index in [0.29, 0.717) is 12.3 Å². The second-order valence-corrected chi connectivity index (χ2v) is 7.72. The molecule has 3 rings (SSSR count). The molecule has 0 N–H and O–H groups in total. The van der Waals surface area contributed by atoms with Crippen molar-refractivity contribution in [2.45, 2.75) is 40.7 Å². The van der Waals surface area contributed by atoms with E-state index >= 15 is 0 Å². The smallest absolute Gasteiger partial charge is 0.135 e. The lowest BCUT2D eigenvalue weighted by atomic mass is 10.0. The Labute approximate surface area is 183 Å². The van der Waals surface area contributed by atoms with Crippen LogP contribution in [0, 0.1) is 20.8 Å². The minimum atomic E-state index is -1.23. The quantitative estimate of drug-likeness (QED) is 0.528. The van der Waals surface area contributed by atoms with Crippen LogP contribution in [0.1, 0.15) is 35.6 Å². The van der Waals surface area contributed by atoms with Gasteiger partial charge >= 0.3 is 0 Å². The van der Waals surface area contributed by atoms with Crippen molar-refractivity contribution in [2.24, 2.45) is 0 Å². The Bertz CT molecular complexity index is 1050. The minimum Gasteiger partial charge on any atom is -0.546 e. The first-order valence-corrected chi connectivity index (χ1v) is 10.4. The molecule has 0 unspecified atom stereocenters. The van der Waals surface area contributed by atoms with E-state index in [1.54, 1.807) is 6.33 Å². The Hall–Kier alpha value is -3.41. The molecular weight excluding hydrogens is 390 g/mol. The summed E-state index contributed by atoms with van der Waals surface area (Å²) >= 11 is 0. The van der Waals surface area contributed by atoms with Gasteiger partial charge in [0.05, 0.1) is 11.7 Å². The molecule has 6 heteroatoms. The van der Waals surface area contributed by atoms with Gasteiger partial charge in [0.2, 0.25) is 0 Å². The van der Waals surface area contributed by atoms with Gasteiger partial charge in [-0.05, 0) is 44.4 Å². The molecule has 0 atom stereocenters. The molecule has 0 radical (unpaired) electrons. The second kappa shape index (κ2) is 10.1. The van der Waals surface area contributed by atoms with E-state index in [9.17, 15) is 9.90 Å². The van der Waals surface area contributed by atoms with Crippen molar-refractivity contribution < 1.29 is 14.6 Å². The molecule has 0 saturated carbocycles. The number of benzene rings is 2. The normalized spacial score (nSPS) is 10.7. The molecule has 31 heavy (non-hydrogen) atoms. The predicted molar refractivity (Wildman–Crippen MR) is 120 cm³/mol. The Morgan fingerprint density at radius 2 is 1.81 bits per heavy atom. The maximum atomic E-state index is 10.6. The van der Waals surface area contributed by atoms with Gasteiger partial charge in [-0.3, -0.25) is 0 Å². The zero-order valence-electron chi connectivity index (χ0n) is 18.5. The molecule has 0 saturated heterocycles. The number of rotatable bonds is 9. The van der Waals surface area contributed by atoms with Crippen LogP contribution in [0.5, 0.6) is 5.75 Å². The monoisotopic (exact) mass is 418 g/mol. The standard InChI is InChI=1S/C25H29N3O3/c1-5-12-28(14-20-8-11-22(18(3)13-20)31-15-23(29)30)25-19(4)24(26-16-27-25)21-9-6-17(2)7-10-21/h6-11,13,16H,5,12,14-15H2,1-4H3,(H,29,30)/p-1. The van der Waals surface area contributed by atoms with Gasteiger partial charge in [-0.1, -0.05) is 48.9 Å². The fourth-order valence-corrected chi connectivity index (χ4v) is 3.62. The second-order valence-electron chi connectivity index (χ2n) is 7.72. The number of anilines is 1. The summed E-state index contributed by atoms with van der Waals surface area (Å²) in [6, 6.07) is 14.1. The highest BCUT2D eigenvalue weighted by molar-refractivity contribution is 5.68. The molecule has 2 aromatic carbocycles. The van der Waals surface area contributed by atoms with E-state index in [4.69, 9.17) is 4.74 Å². The number of carbonyl (C=O) groups is 1. The van der Waals surface area contributed by atoms with Gasteiger partial charge in [-0.2, -0.15) is 0 Å². The lowest BCUT2D eigenvalue weighted by Crippen LogP contribution is -2.29. The first-order valence-electron chi connectivity index (χ1n) is 10.4. The number of nitrogens with zero attached hydrogens (tertiary/aromatic N) is 3. The summed E-state index contributed by atoms with van der Waals surface area (Å²) in [5, 5.41) is 10.6. The van der Waals surface area contributed by atoms with Crippen molar-refractivity contribution in [1.82, 2.24) is 9.97 Å². The molecule has 6 nitrogen and oxygen atoms in total. The van der Waals surface area contributed by atoms with Crippen LogP contribution in [0.15, 0.2) is 48.8 Å². The average Bonchev–Trinajstić information content (AvgIpc) is 2.74. The molecule has 0 aliphatic carbocycles. The summed E-state index contributed by atoms with van der Waals surface area (Å²) in [4.78, 5) is 22.0. The Morgan fingerprint density at radius 1 is 1.06 bits per heavy atom. The third-order valence-electron chi connectivity index (χ3n) is 5.13. The van der Waals surface area contributed by atoms with Crippen LogP contribution in [-0.4, -0.2) is 29.1 Å². The van der Waals surface area contributed by atoms with Gasteiger partial charge in [-0.15, -0.1) is 0 Å². The number of aromatic nitrogens is 2. The molecule has 162 valence electrons. The lowest BCUT2D eigenvalue weighted by Gasteiger charge is -2.26. The van der Waals surface area contributed by atoms with Gasteiger partial charge in [0.25, 0.3) is 0 Å². The van der Waals surface area contributed by atoms with E-state index < -0.39 is 12.6 Å². The number of aryl methyl sites for hydroxylation is 2. The largest absolute Gasteiger partial charge is 0.546 e. The third kappa shape index (κ3) is 5.60. The molecule has 0 aliphatic heterocycles. The van der Waals surface area contributed by atoms with Crippen LogP contribution in [-0.2, 0) is 11.3 Å². The Kier molecular flexibility index (Phi) is 7.23. The number of carboxylic acids is 1. The van der Waals surface area contributed by atoms with Gasteiger partial charge in [0.1, 0.15) is 24.5 Å². The zero-order valence-corrected chi connectivity index (χ0v) is 18.5. The Morgan fingerprint density at radius 3 is 2.45 bits per heavy atom. The van der Waals surface area contributed by atoms with Crippen LogP contribution in [0.4, 0.5) is 5.82 Å². The predicted octanol–water partition coefficient (Wildman–Crippen LogP) is 3.61. The van der Waals surface area contributed by atoms with Crippen molar-refractivity contribution in [2.75, 3.05) is 18.1 Å². The Balaban J connectivity index is 1.87. The van der Waals surface area contributed by atoms with Crippen molar-refractivity contribution in [3.8, 4) is 17.0 Å². The number of ether oxygens (including phenoxy) is 1. The van der Waals surface area contributed by atoms with Crippen molar-refractivity contribution in [3.05, 3.63) is 71.0 Å². The molecule has 1 aromatic heterocycles. The molecule has 0 spiro atoms. The van der Waals surface area contributed by atoms with E-state index in [2.05, 4.69) is 59.9 Å². The highest BCUT2D eigenvalue weighted by Gasteiger charge is 2.16. The van der Waals surface area contributed by atoms with Crippen LogP contribution in [0.3, 0.4) is 0 Å². The maximum absolute atomic E-state index is 10.6. The third-order valence-corrected chi connectivity index (χ3v) is 5.13. The summed E-state index contributed by atoms with van der Waals surface area (Å²) in [6.45, 7) is 9.27. The van der Waals surface area contributed by atoms with E-state index in [0.717, 1.165) is 46.7 Å². The molecule has 0 amide bonds. The van der Waals surface area contributed by atoms with Gasteiger partial charge in [0.15, 0.2) is 0 Å². The SMILES string of the molecule is CCCN(Cc1ccc(OCC(=O)[O-])c(C)c1)c1ncnc(-c2ccc(C)cc2)c1C. The average molecular weight is 419 g/mol. The minimum absolute atomic E-state index is 0.454. The van der Waals surface area contributed by atoms with Gasteiger partial charge in [-0.25, -0.2) is 9.97 Å². The molecule has 1 heterocycles. The maximum Gasteiger partial charge on any atom is 0.135 e. The van der Waals surface area contributed by atoms with Gasteiger partial charge < -0.3 is 19.5 Å². The number of carboxylic acid groups (broad SMARTS) is 1. The van der Waals surface area contributed by atoms with Crippen molar-refractivity contribution >= 4 is 11.8 Å². The summed E-state index contributed by atoms with van der Waals surface area (Å²) in [5.41, 5.74) is 6.26. The van der Waals surface area contributed by atoms with E-state index in [1.807, 2.05) is 25.1 Å². The van der Waals surface area contributed by atoms with E-state index in [-0.39, 0.29) is 0 Å². The highest BCUT2D eigenvalue weighted by atomic mass is 16.5. The summed E-state index contributed by atoms with van der Waals surface area (Å²) in [7, 11) is 0. The van der Waals surface area contributed by atoms with Crippen LogP contribution in [0.2, 0.25) is 0 Å². The van der Waals surface area contributed by atoms with Crippen LogP contribution in [0.25, 0.3) is 11.3 Å². The molecule has 0 aliphatic rings. The summed E-state index contributed by atoms with van der Waals surface area (Å²) < 4.78 is 5.29. The summed E-state index contributed by atoms with van der Waals surface area (Å²) in [6.07, 6.45) is 2.61. The van der Waals surface area contributed by atoms with E-state index in [1.165, 1.54) is 5.56 Å². The number of hydrogen-bond donors (Lipinski definition) is 0.